The summed E-state index contributed by atoms with van der Waals surface area (Å²) in [6.07, 6.45) is 0.0376. The number of nitrogens with zero attached hydrogens (tertiary/aromatic N) is 1. The first-order valence-corrected chi connectivity index (χ1v) is 5.67. The van der Waals surface area contributed by atoms with E-state index in [4.69, 9.17) is 11.6 Å². The van der Waals surface area contributed by atoms with Gasteiger partial charge >= 0.3 is 0 Å². The number of benzene rings is 1. The van der Waals surface area contributed by atoms with E-state index >= 15 is 0 Å². The molecule has 1 saturated heterocycles. The van der Waals surface area contributed by atoms with Crippen molar-refractivity contribution in [2.24, 2.45) is 5.92 Å². The summed E-state index contributed by atoms with van der Waals surface area (Å²) in [5.41, 5.74) is 0.932. The van der Waals surface area contributed by atoms with Crippen LogP contribution in [0.4, 0.5) is 0 Å². The number of amides is 1. The van der Waals surface area contributed by atoms with E-state index in [2.05, 4.69) is 0 Å². The molecule has 1 atom stereocenters. The molecule has 0 radical (unpaired) electrons. The average Bonchev–Trinajstić information content (AvgIpc) is 2.64. The van der Waals surface area contributed by atoms with E-state index in [1.54, 1.807) is 12.1 Å². The Hall–Kier alpha value is -1.55. The van der Waals surface area contributed by atoms with E-state index in [1.807, 2.05) is 12.1 Å². The van der Waals surface area contributed by atoms with Gasteiger partial charge in [0.2, 0.25) is 5.91 Å². The van der Waals surface area contributed by atoms with Crippen molar-refractivity contribution >= 4 is 23.5 Å². The predicted molar refractivity (Wildman–Crippen MR) is 60.0 cm³/mol. The predicted octanol–water partition coefficient (Wildman–Crippen LogP) is 0.438. The van der Waals surface area contributed by atoms with Gasteiger partial charge in [0.15, 0.2) is 0 Å². The SMILES string of the molecule is O=C([O-])[C@@H]1CC(=O)N(Cc2ccc(Cl)cc2)C1. The summed E-state index contributed by atoms with van der Waals surface area (Å²) in [5.74, 6) is -1.99. The van der Waals surface area contributed by atoms with Crippen LogP contribution in [0.5, 0.6) is 0 Å². The van der Waals surface area contributed by atoms with Crippen molar-refractivity contribution in [3.8, 4) is 0 Å². The summed E-state index contributed by atoms with van der Waals surface area (Å²) >= 11 is 5.76. The fraction of sp³-hybridized carbons (Fsp3) is 0.333. The van der Waals surface area contributed by atoms with Crippen molar-refractivity contribution in [1.29, 1.82) is 0 Å². The highest BCUT2D eigenvalue weighted by atomic mass is 35.5. The van der Waals surface area contributed by atoms with Gasteiger partial charge in [-0.15, -0.1) is 0 Å². The Morgan fingerprint density at radius 3 is 2.59 bits per heavy atom. The van der Waals surface area contributed by atoms with Crippen molar-refractivity contribution in [2.75, 3.05) is 6.54 Å². The van der Waals surface area contributed by atoms with Crippen molar-refractivity contribution in [1.82, 2.24) is 4.90 Å². The molecular weight excluding hydrogens is 242 g/mol. The smallest absolute Gasteiger partial charge is 0.223 e. The van der Waals surface area contributed by atoms with Gasteiger partial charge in [-0.1, -0.05) is 23.7 Å². The second kappa shape index (κ2) is 4.75. The maximum Gasteiger partial charge on any atom is 0.223 e. The largest absolute Gasteiger partial charge is 0.550 e. The lowest BCUT2D eigenvalue weighted by atomic mass is 10.1. The van der Waals surface area contributed by atoms with Crippen LogP contribution in [0.3, 0.4) is 0 Å². The van der Waals surface area contributed by atoms with Gasteiger partial charge < -0.3 is 14.8 Å². The minimum atomic E-state index is -1.16. The summed E-state index contributed by atoms with van der Waals surface area (Å²) < 4.78 is 0. The number of likely N-dealkylation sites (tertiary alicyclic amines) is 1. The second-order valence-electron chi connectivity index (χ2n) is 4.12. The number of hydrogen-bond donors (Lipinski definition) is 0. The van der Waals surface area contributed by atoms with Crippen LogP contribution in [-0.2, 0) is 16.1 Å². The maximum atomic E-state index is 11.6. The molecule has 0 aromatic heterocycles. The number of carbonyl (C=O) groups is 2. The van der Waals surface area contributed by atoms with Crippen molar-refractivity contribution in [3.05, 3.63) is 34.9 Å². The Kier molecular flexibility index (Phi) is 3.33. The first-order valence-electron chi connectivity index (χ1n) is 5.29. The molecule has 0 bridgehead atoms. The number of carbonyl (C=O) groups excluding carboxylic acids is 2. The lowest BCUT2D eigenvalue weighted by Crippen LogP contribution is -2.33. The molecule has 17 heavy (non-hydrogen) atoms. The summed E-state index contributed by atoms with van der Waals surface area (Å²) in [5, 5.41) is 11.3. The van der Waals surface area contributed by atoms with Gasteiger partial charge in [-0.2, -0.15) is 0 Å². The molecule has 1 heterocycles. The van der Waals surface area contributed by atoms with Crippen molar-refractivity contribution in [2.45, 2.75) is 13.0 Å². The third kappa shape index (κ3) is 2.77. The van der Waals surface area contributed by atoms with Crippen LogP contribution in [0, 0.1) is 5.92 Å². The average molecular weight is 253 g/mol. The van der Waals surface area contributed by atoms with Gasteiger partial charge in [0.25, 0.3) is 0 Å². The van der Waals surface area contributed by atoms with E-state index in [0.29, 0.717) is 11.6 Å². The molecule has 1 amide bonds. The van der Waals surface area contributed by atoms with Gasteiger partial charge in [-0.25, -0.2) is 0 Å². The number of rotatable bonds is 3. The van der Waals surface area contributed by atoms with Crippen molar-refractivity contribution < 1.29 is 14.7 Å². The van der Waals surface area contributed by atoms with Crippen LogP contribution in [-0.4, -0.2) is 23.3 Å². The number of aliphatic carboxylic acids is 1. The Morgan fingerprint density at radius 2 is 2.06 bits per heavy atom. The van der Waals surface area contributed by atoms with E-state index < -0.39 is 11.9 Å². The van der Waals surface area contributed by atoms with Gasteiger partial charge in [-0.05, 0) is 17.7 Å². The Bertz CT molecular complexity index is 444. The number of carboxylic acid groups (broad SMARTS) is 1. The summed E-state index contributed by atoms with van der Waals surface area (Å²) in [4.78, 5) is 23.8. The normalized spacial score (nSPS) is 19.7. The van der Waals surface area contributed by atoms with Crippen LogP contribution in [0.25, 0.3) is 0 Å². The molecule has 1 aliphatic heterocycles. The highest BCUT2D eigenvalue weighted by molar-refractivity contribution is 6.30. The minimum Gasteiger partial charge on any atom is -0.550 e. The first kappa shape index (κ1) is 11.9. The quantitative estimate of drug-likeness (QED) is 0.784. The van der Waals surface area contributed by atoms with Gasteiger partial charge in [0.05, 0.1) is 0 Å². The van der Waals surface area contributed by atoms with Crippen LogP contribution < -0.4 is 5.11 Å². The molecular formula is C12H11ClNO3-. The minimum absolute atomic E-state index is 0.0376. The molecule has 0 spiro atoms. The Labute approximate surface area is 104 Å². The second-order valence-corrected chi connectivity index (χ2v) is 4.56. The number of halogens is 1. The fourth-order valence-corrected chi connectivity index (χ4v) is 2.02. The Balaban J connectivity index is 2.02. The molecule has 1 aromatic rings. The van der Waals surface area contributed by atoms with Crippen LogP contribution in [0.1, 0.15) is 12.0 Å². The summed E-state index contributed by atoms with van der Waals surface area (Å²) in [7, 11) is 0. The van der Waals surface area contributed by atoms with E-state index in [0.717, 1.165) is 5.56 Å². The van der Waals surface area contributed by atoms with Crippen molar-refractivity contribution in [3.63, 3.8) is 0 Å². The van der Waals surface area contributed by atoms with Gasteiger partial charge in [-0.3, -0.25) is 4.79 Å². The third-order valence-corrected chi connectivity index (χ3v) is 3.09. The van der Waals surface area contributed by atoms with E-state index in [-0.39, 0.29) is 18.9 Å². The molecule has 1 aromatic carbocycles. The molecule has 1 aliphatic rings. The standard InChI is InChI=1S/C12H12ClNO3/c13-10-3-1-8(2-4-10)6-14-7-9(12(16)17)5-11(14)15/h1-4,9H,5-7H2,(H,16,17)/p-1/t9-/m1/s1. The third-order valence-electron chi connectivity index (χ3n) is 2.83. The molecule has 2 rings (SSSR count). The van der Waals surface area contributed by atoms with Crippen LogP contribution in [0.2, 0.25) is 5.02 Å². The highest BCUT2D eigenvalue weighted by Gasteiger charge is 2.30. The topological polar surface area (TPSA) is 60.4 Å². The molecule has 4 nitrogen and oxygen atoms in total. The molecule has 5 heteroatoms. The zero-order valence-electron chi connectivity index (χ0n) is 9.06. The Morgan fingerprint density at radius 1 is 1.41 bits per heavy atom. The number of hydrogen-bond acceptors (Lipinski definition) is 3. The van der Waals surface area contributed by atoms with E-state index in [9.17, 15) is 14.7 Å². The zero-order chi connectivity index (χ0) is 12.4. The van der Waals surface area contributed by atoms with Gasteiger partial charge in [0, 0.05) is 36.4 Å². The zero-order valence-corrected chi connectivity index (χ0v) is 9.81. The molecule has 0 unspecified atom stereocenters. The van der Waals surface area contributed by atoms with Gasteiger partial charge in [0.1, 0.15) is 0 Å². The highest BCUT2D eigenvalue weighted by Crippen LogP contribution is 2.20. The first-order chi connectivity index (χ1) is 8.06. The lowest BCUT2D eigenvalue weighted by Gasteiger charge is -2.17. The maximum absolute atomic E-state index is 11.6. The molecule has 0 saturated carbocycles. The molecule has 0 N–H and O–H groups in total. The lowest BCUT2D eigenvalue weighted by molar-refractivity contribution is -0.311. The number of carboxylic acids is 1. The monoisotopic (exact) mass is 252 g/mol. The molecule has 0 aliphatic carbocycles. The van der Waals surface area contributed by atoms with Crippen LogP contribution >= 0.6 is 11.6 Å². The molecule has 1 fully saturated rings. The molecule has 90 valence electrons. The van der Waals surface area contributed by atoms with Crippen LogP contribution in [0.15, 0.2) is 24.3 Å². The fourth-order valence-electron chi connectivity index (χ4n) is 1.89. The van der Waals surface area contributed by atoms with E-state index in [1.165, 1.54) is 4.90 Å². The summed E-state index contributed by atoms with van der Waals surface area (Å²) in [6, 6.07) is 7.13. The summed E-state index contributed by atoms with van der Waals surface area (Å²) in [6.45, 7) is 0.642.